The Morgan fingerprint density at radius 3 is 2.26 bits per heavy atom. The number of benzene rings is 2. The van der Waals surface area contributed by atoms with Crippen molar-refractivity contribution >= 4 is 50.5 Å². The Kier molecular flexibility index (Phi) is 6.37. The molecule has 8 nitrogen and oxygen atoms in total. The summed E-state index contributed by atoms with van der Waals surface area (Å²) in [5, 5.41) is 12.0. The first kappa shape index (κ1) is 26.4. The summed E-state index contributed by atoms with van der Waals surface area (Å²) in [6.07, 6.45) is 3.28. The maximum Gasteiger partial charge on any atom is 0.244 e. The molecule has 0 aromatic heterocycles. The molecule has 6 rings (SSSR count). The number of nitrogens with one attached hydrogen (secondary N) is 1. The topological polar surface area (TPSA) is 111 Å². The van der Waals surface area contributed by atoms with E-state index in [0.29, 0.717) is 30.7 Å². The molecule has 2 aromatic rings. The van der Waals surface area contributed by atoms with Gasteiger partial charge in [-0.05, 0) is 74.4 Å². The second-order valence-electron chi connectivity index (χ2n) is 11.1. The molecule has 11 heteroatoms. The van der Waals surface area contributed by atoms with Gasteiger partial charge in [0.15, 0.2) is 9.84 Å². The highest BCUT2D eigenvalue weighted by molar-refractivity contribution is 7.92. The lowest BCUT2D eigenvalue weighted by Gasteiger charge is -2.33. The van der Waals surface area contributed by atoms with Crippen LogP contribution in [0.1, 0.15) is 44.1 Å². The first-order chi connectivity index (χ1) is 18.6. The van der Waals surface area contributed by atoms with E-state index < -0.39 is 38.0 Å². The quantitative estimate of drug-likeness (QED) is 0.527. The van der Waals surface area contributed by atoms with Gasteiger partial charge in [0.2, 0.25) is 11.8 Å². The third kappa shape index (κ3) is 4.56. The van der Waals surface area contributed by atoms with E-state index >= 15 is 0 Å². The van der Waals surface area contributed by atoms with Crippen molar-refractivity contribution in [1.82, 2.24) is 10.2 Å². The molecule has 1 N–H and O–H groups in total. The van der Waals surface area contributed by atoms with Crippen molar-refractivity contribution in [2.24, 2.45) is 0 Å². The second kappa shape index (κ2) is 9.39. The van der Waals surface area contributed by atoms with E-state index in [1.54, 1.807) is 36.4 Å². The normalized spacial score (nSPS) is 24.4. The summed E-state index contributed by atoms with van der Waals surface area (Å²) in [7, 11) is -3.97. The van der Waals surface area contributed by atoms with E-state index in [1.807, 2.05) is 0 Å². The van der Waals surface area contributed by atoms with Crippen LogP contribution in [0.4, 0.5) is 5.69 Å². The first-order valence-electron chi connectivity index (χ1n) is 13.2. The van der Waals surface area contributed by atoms with Crippen LogP contribution in [0, 0.1) is 11.3 Å². The Balaban J connectivity index is 1.31. The number of carbonyl (C=O) groups is 2. The molecule has 2 saturated heterocycles. The zero-order chi connectivity index (χ0) is 27.6. The zero-order valence-electron chi connectivity index (χ0n) is 21.2. The van der Waals surface area contributed by atoms with Gasteiger partial charge in [0.25, 0.3) is 0 Å². The van der Waals surface area contributed by atoms with Gasteiger partial charge in [-0.1, -0.05) is 35.3 Å². The van der Waals surface area contributed by atoms with Crippen LogP contribution < -0.4 is 10.2 Å². The minimum Gasteiger partial charge on any atom is -0.371 e. The lowest BCUT2D eigenvalue weighted by molar-refractivity contribution is -0.140. The molecule has 0 radical (unpaired) electrons. The van der Waals surface area contributed by atoms with E-state index in [1.165, 1.54) is 11.0 Å². The van der Waals surface area contributed by atoms with Gasteiger partial charge in [0.1, 0.15) is 11.6 Å². The summed E-state index contributed by atoms with van der Waals surface area (Å²) in [5.74, 6) is -0.769. The fourth-order valence-electron chi connectivity index (χ4n) is 5.67. The average molecular weight is 588 g/mol. The highest BCUT2D eigenvalue weighted by atomic mass is 35.5. The average Bonchev–Trinajstić information content (AvgIpc) is 3.79. The molecule has 2 aromatic carbocycles. The Labute approximate surface area is 237 Å². The summed E-state index contributed by atoms with van der Waals surface area (Å²) in [6, 6.07) is 13.1. The molecule has 2 amide bonds. The van der Waals surface area contributed by atoms with Crippen LogP contribution in [0.5, 0.6) is 0 Å². The molecule has 0 unspecified atom stereocenters. The maximum atomic E-state index is 14.0. The molecule has 39 heavy (non-hydrogen) atoms. The van der Waals surface area contributed by atoms with Crippen LogP contribution in [-0.4, -0.2) is 61.6 Å². The van der Waals surface area contributed by atoms with Gasteiger partial charge < -0.3 is 15.1 Å². The van der Waals surface area contributed by atoms with Crippen LogP contribution in [0.25, 0.3) is 0 Å². The molecule has 2 atom stereocenters. The third-order valence-corrected chi connectivity index (χ3v) is 11.5. The van der Waals surface area contributed by atoms with E-state index in [0.717, 1.165) is 30.8 Å². The number of hydrogen-bond acceptors (Lipinski definition) is 6. The highest BCUT2D eigenvalue weighted by Gasteiger charge is 2.58. The minimum atomic E-state index is -3.97. The number of carbonyl (C=O) groups excluding carboxylic acids is 2. The summed E-state index contributed by atoms with van der Waals surface area (Å²) in [5.41, 5.74) is -0.0880. The number of sulfone groups is 1. The summed E-state index contributed by atoms with van der Waals surface area (Å²) in [6.45, 7) is 1.68. The fraction of sp³-hybridized carbons (Fsp3) is 0.464. The predicted molar refractivity (Wildman–Crippen MR) is 147 cm³/mol. The van der Waals surface area contributed by atoms with Gasteiger partial charge in [-0.15, -0.1) is 0 Å². The number of amides is 2. The van der Waals surface area contributed by atoms with Gasteiger partial charge in [0, 0.05) is 30.3 Å². The molecule has 2 saturated carbocycles. The number of nitrogens with zero attached hydrogens (tertiary/aromatic N) is 3. The number of anilines is 1. The molecule has 2 aliphatic heterocycles. The van der Waals surface area contributed by atoms with E-state index in [9.17, 15) is 23.3 Å². The van der Waals surface area contributed by atoms with Crippen molar-refractivity contribution in [2.75, 3.05) is 24.5 Å². The van der Waals surface area contributed by atoms with Crippen LogP contribution in [0.2, 0.25) is 10.0 Å². The predicted octanol–water partition coefficient (Wildman–Crippen LogP) is 3.85. The monoisotopic (exact) mass is 586 g/mol. The molecule has 0 spiro atoms. The highest BCUT2D eigenvalue weighted by Crippen LogP contribution is 2.51. The summed E-state index contributed by atoms with van der Waals surface area (Å²) in [4.78, 5) is 31.0. The van der Waals surface area contributed by atoms with Crippen molar-refractivity contribution in [3.8, 4) is 6.07 Å². The lowest BCUT2D eigenvalue weighted by atomic mass is 9.94. The standard InChI is InChI=1S/C28H28Cl2N4O4S/c29-19-4-2-18(3-5-19)28(10-11-28)26(36)34-16-21(15-23(34)25(35)32-27(17-31)8-9-27)39(37,38)24-7-6-20(14-22(24)30)33-12-1-13-33/h2-7,14,21,23H,1,8-13,15-16H2,(H,32,35)/t21-,23+/m1/s1. The van der Waals surface area contributed by atoms with E-state index in [-0.39, 0.29) is 28.8 Å². The van der Waals surface area contributed by atoms with Crippen LogP contribution in [0.3, 0.4) is 0 Å². The summed E-state index contributed by atoms with van der Waals surface area (Å²) < 4.78 is 27.7. The Morgan fingerprint density at radius 2 is 1.72 bits per heavy atom. The van der Waals surface area contributed by atoms with Crippen molar-refractivity contribution in [3.05, 3.63) is 58.1 Å². The number of rotatable bonds is 7. The molecule has 2 heterocycles. The Morgan fingerprint density at radius 1 is 1.03 bits per heavy atom. The van der Waals surface area contributed by atoms with Crippen LogP contribution in [0.15, 0.2) is 47.4 Å². The fourth-order valence-corrected chi connectivity index (χ4v) is 8.03. The molecular weight excluding hydrogens is 559 g/mol. The first-order valence-corrected chi connectivity index (χ1v) is 15.5. The Bertz CT molecular complexity index is 1490. The van der Waals surface area contributed by atoms with Gasteiger partial charge in [-0.2, -0.15) is 5.26 Å². The van der Waals surface area contributed by atoms with E-state index in [4.69, 9.17) is 23.2 Å². The van der Waals surface area contributed by atoms with E-state index in [2.05, 4.69) is 16.3 Å². The number of likely N-dealkylation sites (tertiary alicyclic amines) is 1. The van der Waals surface area contributed by atoms with Crippen LogP contribution >= 0.6 is 23.2 Å². The second-order valence-corrected chi connectivity index (χ2v) is 14.1. The minimum absolute atomic E-state index is 0.00132. The zero-order valence-corrected chi connectivity index (χ0v) is 23.5. The molecule has 0 bridgehead atoms. The SMILES string of the molecule is N#CC1(NC(=O)[C@@H]2C[C@@H](S(=O)(=O)c3ccc(N4CCC4)cc3Cl)CN2C(=O)C2(c3ccc(Cl)cc3)CC2)CC1. The van der Waals surface area contributed by atoms with Crippen molar-refractivity contribution < 1.29 is 18.0 Å². The summed E-state index contributed by atoms with van der Waals surface area (Å²) >= 11 is 12.6. The maximum absolute atomic E-state index is 14.0. The Hall–Kier alpha value is -2.80. The van der Waals surface area contributed by atoms with Crippen molar-refractivity contribution in [2.45, 2.75) is 65.7 Å². The van der Waals surface area contributed by atoms with Gasteiger partial charge >= 0.3 is 0 Å². The van der Waals surface area contributed by atoms with Gasteiger partial charge in [-0.25, -0.2) is 8.42 Å². The number of halogens is 2. The number of hydrogen-bond donors (Lipinski definition) is 1. The van der Waals surface area contributed by atoms with Crippen molar-refractivity contribution in [3.63, 3.8) is 0 Å². The van der Waals surface area contributed by atoms with Crippen molar-refractivity contribution in [1.29, 1.82) is 5.26 Å². The third-order valence-electron chi connectivity index (χ3n) is 8.59. The molecule has 4 fully saturated rings. The number of nitriles is 1. The smallest absolute Gasteiger partial charge is 0.244 e. The lowest BCUT2D eigenvalue weighted by Crippen LogP contribution is -2.51. The molecule has 2 aliphatic carbocycles. The molecule has 204 valence electrons. The molecular formula is C28H28Cl2N4O4S. The van der Waals surface area contributed by atoms with Gasteiger partial charge in [0.05, 0.1) is 26.7 Å². The molecule has 4 aliphatic rings. The van der Waals surface area contributed by atoms with Gasteiger partial charge in [-0.3, -0.25) is 9.59 Å². The van der Waals surface area contributed by atoms with Crippen LogP contribution in [-0.2, 0) is 24.8 Å². The largest absolute Gasteiger partial charge is 0.371 e.